The van der Waals surface area contributed by atoms with Crippen LogP contribution in [0.4, 0.5) is 11.4 Å². The van der Waals surface area contributed by atoms with Gasteiger partial charge in [0.05, 0.1) is 0 Å². The maximum Gasteiger partial charge on any atom is 0.301 e. The molecule has 1 fully saturated rings. The van der Waals surface area contributed by atoms with Crippen LogP contribution < -0.4 is 10.5 Å². The summed E-state index contributed by atoms with van der Waals surface area (Å²) in [4.78, 5) is 0. The molecular weight excluding hydrogens is 250 g/mol. The third kappa shape index (κ3) is 2.94. The Hall–Kier alpha value is -1.27. The van der Waals surface area contributed by atoms with Crippen molar-refractivity contribution in [3.63, 3.8) is 0 Å². The number of nitrogen functional groups attached to an aromatic ring is 1. The summed E-state index contributed by atoms with van der Waals surface area (Å²) in [5.41, 5.74) is 6.73. The van der Waals surface area contributed by atoms with E-state index in [-0.39, 0.29) is 6.04 Å². The summed E-state index contributed by atoms with van der Waals surface area (Å²) < 4.78 is 28.6. The number of rotatable bonds is 3. The first kappa shape index (κ1) is 13.2. The molecule has 0 saturated carbocycles. The number of nitrogens with two attached hydrogens (primary N) is 1. The standard InChI is InChI=1S/C12H19N3O2S/c1-10-4-2-3-9-15(10)18(16,17)14-12-7-5-11(13)6-8-12/h5-8,10,14H,2-4,9,13H2,1H3. The lowest BCUT2D eigenvalue weighted by Crippen LogP contribution is -2.44. The summed E-state index contributed by atoms with van der Waals surface area (Å²) in [6.45, 7) is 2.53. The average molecular weight is 269 g/mol. The number of hydrogen-bond acceptors (Lipinski definition) is 3. The summed E-state index contributed by atoms with van der Waals surface area (Å²) in [7, 11) is -3.46. The van der Waals surface area contributed by atoms with E-state index >= 15 is 0 Å². The van der Waals surface area contributed by atoms with E-state index in [0.717, 1.165) is 19.3 Å². The van der Waals surface area contributed by atoms with Crippen LogP contribution in [0.2, 0.25) is 0 Å². The second-order valence-corrected chi connectivity index (χ2v) is 6.31. The Kier molecular flexibility index (Phi) is 3.77. The fourth-order valence-electron chi connectivity index (χ4n) is 2.19. The quantitative estimate of drug-likeness (QED) is 0.822. The first-order valence-corrected chi connectivity index (χ1v) is 7.58. The molecule has 0 bridgehead atoms. The first-order valence-electron chi connectivity index (χ1n) is 6.14. The number of piperidine rings is 1. The topological polar surface area (TPSA) is 75.4 Å². The highest BCUT2D eigenvalue weighted by Gasteiger charge is 2.29. The van der Waals surface area contributed by atoms with Crippen molar-refractivity contribution in [2.75, 3.05) is 17.0 Å². The number of nitrogens with one attached hydrogen (secondary N) is 1. The van der Waals surface area contributed by atoms with Gasteiger partial charge in [-0.1, -0.05) is 6.42 Å². The van der Waals surface area contributed by atoms with E-state index in [2.05, 4.69) is 4.72 Å². The van der Waals surface area contributed by atoms with Crippen molar-refractivity contribution in [2.24, 2.45) is 0 Å². The lowest BCUT2D eigenvalue weighted by Gasteiger charge is -2.32. The minimum absolute atomic E-state index is 0.0602. The van der Waals surface area contributed by atoms with Gasteiger partial charge in [0.2, 0.25) is 0 Å². The van der Waals surface area contributed by atoms with Crippen molar-refractivity contribution in [3.8, 4) is 0 Å². The Morgan fingerprint density at radius 1 is 1.28 bits per heavy atom. The third-order valence-electron chi connectivity index (χ3n) is 3.21. The summed E-state index contributed by atoms with van der Waals surface area (Å²) in [6.07, 6.45) is 2.94. The molecule has 1 atom stereocenters. The fourth-order valence-corrected chi connectivity index (χ4v) is 3.69. The van der Waals surface area contributed by atoms with Gasteiger partial charge in [0, 0.05) is 24.0 Å². The van der Waals surface area contributed by atoms with Crippen LogP contribution in [0, 0.1) is 0 Å². The van der Waals surface area contributed by atoms with Crippen LogP contribution in [0.25, 0.3) is 0 Å². The lowest BCUT2D eigenvalue weighted by molar-refractivity contribution is 0.270. The molecule has 1 aromatic carbocycles. The summed E-state index contributed by atoms with van der Waals surface area (Å²) in [5, 5.41) is 0. The zero-order chi connectivity index (χ0) is 13.2. The molecule has 0 aliphatic carbocycles. The molecule has 1 saturated heterocycles. The molecule has 1 aromatic rings. The molecule has 1 unspecified atom stereocenters. The first-order chi connectivity index (χ1) is 8.49. The molecule has 0 radical (unpaired) electrons. The normalized spacial score (nSPS) is 21.7. The number of anilines is 2. The predicted octanol–water partition coefficient (Wildman–Crippen LogP) is 1.80. The van der Waals surface area contributed by atoms with Crippen molar-refractivity contribution in [2.45, 2.75) is 32.2 Å². The Balaban J connectivity index is 2.13. The van der Waals surface area contributed by atoms with E-state index in [1.54, 1.807) is 24.3 Å². The molecule has 0 amide bonds. The SMILES string of the molecule is CC1CCCCN1S(=O)(=O)Nc1ccc(N)cc1. The number of benzene rings is 1. The van der Waals surface area contributed by atoms with Crippen LogP contribution in [0.5, 0.6) is 0 Å². The van der Waals surface area contributed by atoms with E-state index in [9.17, 15) is 8.42 Å². The molecule has 5 nitrogen and oxygen atoms in total. The Morgan fingerprint density at radius 2 is 1.94 bits per heavy atom. The highest BCUT2D eigenvalue weighted by molar-refractivity contribution is 7.90. The zero-order valence-electron chi connectivity index (χ0n) is 10.5. The van der Waals surface area contributed by atoms with Crippen molar-refractivity contribution in [1.82, 2.24) is 4.31 Å². The van der Waals surface area contributed by atoms with Gasteiger partial charge in [-0.05, 0) is 44.0 Å². The van der Waals surface area contributed by atoms with Crippen LogP contribution in [0.15, 0.2) is 24.3 Å². The van der Waals surface area contributed by atoms with Gasteiger partial charge < -0.3 is 5.73 Å². The average Bonchev–Trinajstić information content (AvgIpc) is 2.32. The van der Waals surface area contributed by atoms with Crippen LogP contribution in [0.1, 0.15) is 26.2 Å². The fraction of sp³-hybridized carbons (Fsp3) is 0.500. The smallest absolute Gasteiger partial charge is 0.301 e. The van der Waals surface area contributed by atoms with Gasteiger partial charge in [-0.2, -0.15) is 12.7 Å². The van der Waals surface area contributed by atoms with Gasteiger partial charge in [0.1, 0.15) is 0 Å². The second kappa shape index (κ2) is 5.16. The summed E-state index contributed by atoms with van der Waals surface area (Å²) >= 11 is 0. The minimum atomic E-state index is -3.46. The van der Waals surface area contributed by atoms with Gasteiger partial charge in [-0.25, -0.2) is 0 Å². The van der Waals surface area contributed by atoms with Crippen LogP contribution in [-0.2, 0) is 10.2 Å². The van der Waals surface area contributed by atoms with Gasteiger partial charge >= 0.3 is 10.2 Å². The van der Waals surface area contributed by atoms with Crippen molar-refractivity contribution < 1.29 is 8.42 Å². The second-order valence-electron chi connectivity index (χ2n) is 4.68. The Bertz CT molecular complexity index is 499. The predicted molar refractivity (Wildman–Crippen MR) is 73.4 cm³/mol. The third-order valence-corrected chi connectivity index (χ3v) is 4.86. The minimum Gasteiger partial charge on any atom is -0.399 e. The van der Waals surface area contributed by atoms with E-state index < -0.39 is 10.2 Å². The van der Waals surface area contributed by atoms with Crippen LogP contribution >= 0.6 is 0 Å². The van der Waals surface area contributed by atoms with Gasteiger partial charge in [-0.3, -0.25) is 4.72 Å². The monoisotopic (exact) mass is 269 g/mol. The molecule has 2 rings (SSSR count). The molecule has 3 N–H and O–H groups in total. The van der Waals surface area contributed by atoms with E-state index in [1.165, 1.54) is 4.31 Å². The number of hydrogen-bond donors (Lipinski definition) is 2. The van der Waals surface area contributed by atoms with Crippen LogP contribution in [-0.4, -0.2) is 25.3 Å². The molecule has 0 aromatic heterocycles. The highest BCUT2D eigenvalue weighted by atomic mass is 32.2. The highest BCUT2D eigenvalue weighted by Crippen LogP contribution is 2.22. The molecule has 1 aliphatic heterocycles. The van der Waals surface area contributed by atoms with Crippen LogP contribution in [0.3, 0.4) is 0 Å². The Morgan fingerprint density at radius 3 is 2.56 bits per heavy atom. The molecule has 1 aliphatic rings. The molecule has 18 heavy (non-hydrogen) atoms. The molecule has 1 heterocycles. The largest absolute Gasteiger partial charge is 0.399 e. The molecular formula is C12H19N3O2S. The lowest BCUT2D eigenvalue weighted by atomic mass is 10.1. The Labute approximate surface area is 108 Å². The van der Waals surface area contributed by atoms with Gasteiger partial charge in [0.15, 0.2) is 0 Å². The van der Waals surface area contributed by atoms with Crippen molar-refractivity contribution in [3.05, 3.63) is 24.3 Å². The maximum absolute atomic E-state index is 12.2. The van der Waals surface area contributed by atoms with Crippen molar-refractivity contribution in [1.29, 1.82) is 0 Å². The zero-order valence-corrected chi connectivity index (χ0v) is 11.3. The molecule has 100 valence electrons. The molecule has 6 heteroatoms. The number of nitrogens with zero attached hydrogens (tertiary/aromatic N) is 1. The van der Waals surface area contributed by atoms with E-state index in [0.29, 0.717) is 17.9 Å². The van der Waals surface area contributed by atoms with E-state index in [4.69, 9.17) is 5.73 Å². The summed E-state index contributed by atoms with van der Waals surface area (Å²) in [6, 6.07) is 6.75. The van der Waals surface area contributed by atoms with E-state index in [1.807, 2.05) is 6.92 Å². The summed E-state index contributed by atoms with van der Waals surface area (Å²) in [5.74, 6) is 0. The van der Waals surface area contributed by atoms with Gasteiger partial charge in [-0.15, -0.1) is 0 Å². The maximum atomic E-state index is 12.2. The molecule has 0 spiro atoms. The van der Waals surface area contributed by atoms with Gasteiger partial charge in [0.25, 0.3) is 0 Å². The van der Waals surface area contributed by atoms with Crippen molar-refractivity contribution >= 4 is 21.6 Å².